The van der Waals surface area contributed by atoms with E-state index >= 15 is 0 Å². The summed E-state index contributed by atoms with van der Waals surface area (Å²) in [6, 6.07) is 11.9. The maximum atomic E-state index is 15.0. The van der Waals surface area contributed by atoms with Gasteiger partial charge in [-0.2, -0.15) is 0 Å². The predicted octanol–water partition coefficient (Wildman–Crippen LogP) is 5.25. The zero-order valence-electron chi connectivity index (χ0n) is 18.1. The molecule has 0 aliphatic heterocycles. The highest BCUT2D eigenvalue weighted by Crippen LogP contribution is 2.43. The van der Waals surface area contributed by atoms with Crippen molar-refractivity contribution in [3.63, 3.8) is 0 Å². The smallest absolute Gasteiger partial charge is 0.248 e. The summed E-state index contributed by atoms with van der Waals surface area (Å²) in [5, 5.41) is 4.15. The van der Waals surface area contributed by atoms with E-state index in [0.717, 1.165) is 11.1 Å². The van der Waals surface area contributed by atoms with Crippen molar-refractivity contribution in [3.05, 3.63) is 71.9 Å². The number of ether oxygens (including phenoxy) is 1. The number of aromatic nitrogens is 3. The van der Waals surface area contributed by atoms with Crippen LogP contribution in [0.2, 0.25) is 0 Å². The highest BCUT2D eigenvalue weighted by molar-refractivity contribution is 6.03. The lowest BCUT2D eigenvalue weighted by Crippen LogP contribution is -2.24. The fourth-order valence-electron chi connectivity index (χ4n) is 3.48. The molecule has 0 N–H and O–H groups in total. The maximum absolute atomic E-state index is 15.0. The van der Waals surface area contributed by atoms with Gasteiger partial charge in [-0.05, 0) is 49.2 Å². The van der Waals surface area contributed by atoms with Gasteiger partial charge in [-0.15, -0.1) is 0 Å². The number of aryl methyl sites for hydroxylation is 2. The molecule has 32 heavy (non-hydrogen) atoms. The Hall–Kier alpha value is -4.07. The molecule has 0 saturated carbocycles. The SMILES string of the molecule is COc1ccc(-c2noc(N(C(C)=O)c3cc(C)ccc3C)c2-c2ccncn2)c(F)c1. The number of benzene rings is 2. The normalized spacial score (nSPS) is 10.8. The number of carbonyl (C=O) groups excluding carboxylic acids is 1. The first kappa shape index (κ1) is 21.2. The minimum atomic E-state index is -0.541. The summed E-state index contributed by atoms with van der Waals surface area (Å²) in [7, 11) is 1.46. The van der Waals surface area contributed by atoms with Gasteiger partial charge >= 0.3 is 0 Å². The number of rotatable bonds is 5. The topological polar surface area (TPSA) is 81.4 Å². The number of hydrogen-bond donors (Lipinski definition) is 0. The summed E-state index contributed by atoms with van der Waals surface area (Å²) in [6.07, 6.45) is 2.93. The molecule has 4 aromatic rings. The number of hydrogen-bond acceptors (Lipinski definition) is 6. The van der Waals surface area contributed by atoms with Crippen LogP contribution in [0.3, 0.4) is 0 Å². The van der Waals surface area contributed by atoms with E-state index in [-0.39, 0.29) is 23.0 Å². The minimum Gasteiger partial charge on any atom is -0.497 e. The lowest BCUT2D eigenvalue weighted by molar-refractivity contribution is -0.116. The van der Waals surface area contributed by atoms with Crippen LogP contribution in [-0.4, -0.2) is 28.1 Å². The summed E-state index contributed by atoms with van der Waals surface area (Å²) in [4.78, 5) is 22.5. The van der Waals surface area contributed by atoms with Crippen LogP contribution in [0, 0.1) is 19.7 Å². The molecule has 0 bridgehead atoms. The van der Waals surface area contributed by atoms with Crippen molar-refractivity contribution in [3.8, 4) is 28.3 Å². The molecule has 7 nitrogen and oxygen atoms in total. The lowest BCUT2D eigenvalue weighted by atomic mass is 10.0. The van der Waals surface area contributed by atoms with E-state index < -0.39 is 5.82 Å². The van der Waals surface area contributed by atoms with Gasteiger partial charge in [0.15, 0.2) is 0 Å². The van der Waals surface area contributed by atoms with Gasteiger partial charge in [0.25, 0.3) is 0 Å². The molecule has 0 fully saturated rings. The van der Waals surface area contributed by atoms with Crippen molar-refractivity contribution in [2.75, 3.05) is 12.0 Å². The number of anilines is 2. The summed E-state index contributed by atoms with van der Waals surface area (Å²) >= 11 is 0. The molecule has 162 valence electrons. The molecule has 0 aliphatic carbocycles. The average molecular weight is 432 g/mol. The fraction of sp³-hybridized carbons (Fsp3) is 0.167. The minimum absolute atomic E-state index is 0.148. The first-order chi connectivity index (χ1) is 15.4. The maximum Gasteiger partial charge on any atom is 0.248 e. The van der Waals surface area contributed by atoms with E-state index in [1.165, 1.54) is 31.3 Å². The molecular formula is C24H21FN4O3. The average Bonchev–Trinajstić information content (AvgIpc) is 3.20. The Kier molecular flexibility index (Phi) is 5.68. The molecule has 0 radical (unpaired) electrons. The van der Waals surface area contributed by atoms with Gasteiger partial charge in [0.05, 0.1) is 24.1 Å². The quantitative estimate of drug-likeness (QED) is 0.429. The van der Waals surface area contributed by atoms with Crippen LogP contribution in [0.1, 0.15) is 18.1 Å². The molecular weight excluding hydrogens is 411 g/mol. The third kappa shape index (κ3) is 3.82. The van der Waals surface area contributed by atoms with Gasteiger partial charge in [0.2, 0.25) is 11.8 Å². The Morgan fingerprint density at radius 2 is 1.94 bits per heavy atom. The second kappa shape index (κ2) is 8.58. The van der Waals surface area contributed by atoms with Gasteiger partial charge in [0, 0.05) is 24.8 Å². The van der Waals surface area contributed by atoms with E-state index in [9.17, 15) is 9.18 Å². The molecule has 0 aliphatic rings. The number of carbonyl (C=O) groups is 1. The summed E-state index contributed by atoms with van der Waals surface area (Å²) in [6.45, 7) is 5.27. The fourth-order valence-corrected chi connectivity index (χ4v) is 3.48. The van der Waals surface area contributed by atoms with Crippen molar-refractivity contribution in [1.82, 2.24) is 15.1 Å². The van der Waals surface area contributed by atoms with E-state index in [2.05, 4.69) is 15.1 Å². The van der Waals surface area contributed by atoms with Crippen LogP contribution in [0.15, 0.2) is 59.5 Å². The third-order valence-electron chi connectivity index (χ3n) is 5.07. The summed E-state index contributed by atoms with van der Waals surface area (Å²) in [5.41, 5.74) is 3.72. The zero-order valence-corrected chi connectivity index (χ0v) is 18.1. The van der Waals surface area contributed by atoms with Crippen LogP contribution >= 0.6 is 0 Å². The molecule has 2 heterocycles. The molecule has 0 spiro atoms. The van der Waals surface area contributed by atoms with E-state index in [4.69, 9.17) is 9.26 Å². The van der Waals surface area contributed by atoms with Gasteiger partial charge in [-0.1, -0.05) is 17.3 Å². The predicted molar refractivity (Wildman–Crippen MR) is 118 cm³/mol. The van der Waals surface area contributed by atoms with E-state index in [1.54, 1.807) is 24.4 Å². The van der Waals surface area contributed by atoms with Crippen LogP contribution < -0.4 is 9.64 Å². The zero-order chi connectivity index (χ0) is 22.8. The lowest BCUT2D eigenvalue weighted by Gasteiger charge is -2.21. The van der Waals surface area contributed by atoms with Gasteiger partial charge in [-0.3, -0.25) is 4.79 Å². The molecule has 2 aromatic carbocycles. The van der Waals surface area contributed by atoms with Gasteiger partial charge < -0.3 is 9.26 Å². The largest absolute Gasteiger partial charge is 0.497 e. The number of nitrogens with zero attached hydrogens (tertiary/aromatic N) is 4. The molecule has 2 aromatic heterocycles. The van der Waals surface area contributed by atoms with Crippen molar-refractivity contribution in [1.29, 1.82) is 0 Å². The van der Waals surface area contributed by atoms with Crippen molar-refractivity contribution in [2.45, 2.75) is 20.8 Å². The van der Waals surface area contributed by atoms with Crippen LogP contribution in [0.5, 0.6) is 5.75 Å². The van der Waals surface area contributed by atoms with Gasteiger partial charge in [0.1, 0.15) is 23.6 Å². The second-order valence-corrected chi connectivity index (χ2v) is 7.30. The Morgan fingerprint density at radius 3 is 2.59 bits per heavy atom. The van der Waals surface area contributed by atoms with E-state index in [1.807, 2.05) is 32.0 Å². The third-order valence-corrected chi connectivity index (χ3v) is 5.07. The standard InChI is InChI=1S/C24H21FN4O3/c1-14-5-6-15(2)21(11-14)29(16(3)30)24-22(20-9-10-26-13-27-20)23(28-32-24)18-8-7-17(31-4)12-19(18)25/h5-13H,1-4H3. The van der Waals surface area contributed by atoms with Gasteiger partial charge in [-0.25, -0.2) is 19.3 Å². The molecule has 1 amide bonds. The highest BCUT2D eigenvalue weighted by Gasteiger charge is 2.30. The monoisotopic (exact) mass is 432 g/mol. The Morgan fingerprint density at radius 1 is 1.12 bits per heavy atom. The molecule has 0 unspecified atom stereocenters. The molecule has 0 atom stereocenters. The highest BCUT2D eigenvalue weighted by atomic mass is 19.1. The van der Waals surface area contributed by atoms with Crippen LogP contribution in [0.25, 0.3) is 22.5 Å². The first-order valence-electron chi connectivity index (χ1n) is 9.88. The Labute approximate surface area is 184 Å². The molecule has 4 rings (SSSR count). The Balaban J connectivity index is 1.99. The molecule has 0 saturated heterocycles. The summed E-state index contributed by atoms with van der Waals surface area (Å²) in [5.74, 6) is -0.304. The number of methoxy groups -OCH3 is 1. The van der Waals surface area contributed by atoms with Crippen molar-refractivity contribution < 1.29 is 18.4 Å². The van der Waals surface area contributed by atoms with E-state index in [0.29, 0.717) is 22.7 Å². The van der Waals surface area contributed by atoms with Crippen molar-refractivity contribution >= 4 is 17.5 Å². The van der Waals surface area contributed by atoms with Crippen LogP contribution in [0.4, 0.5) is 16.0 Å². The van der Waals surface area contributed by atoms with Crippen LogP contribution in [-0.2, 0) is 4.79 Å². The van der Waals surface area contributed by atoms with Crippen molar-refractivity contribution in [2.24, 2.45) is 0 Å². The first-order valence-corrected chi connectivity index (χ1v) is 9.88. The summed E-state index contributed by atoms with van der Waals surface area (Å²) < 4.78 is 25.7. The molecule has 8 heteroatoms. The number of halogens is 1. The number of amides is 1. The second-order valence-electron chi connectivity index (χ2n) is 7.30. The Bertz CT molecular complexity index is 1290.